The lowest BCUT2D eigenvalue weighted by atomic mass is 9.90. The highest BCUT2D eigenvalue weighted by molar-refractivity contribution is 5.92. The summed E-state index contributed by atoms with van der Waals surface area (Å²) in [5.74, 6) is 2.05. The molecule has 1 fully saturated rings. The number of carbonyl (C=O) groups excluding carboxylic acids is 1. The molecule has 0 aliphatic heterocycles. The van der Waals surface area contributed by atoms with E-state index in [2.05, 4.69) is 10.3 Å². The van der Waals surface area contributed by atoms with E-state index in [0.29, 0.717) is 29.8 Å². The molecule has 132 valence electrons. The van der Waals surface area contributed by atoms with Crippen molar-refractivity contribution >= 4 is 11.7 Å². The standard InChI is InChI=1S/C20H24N2O3/c23-19(15-24-17-10-5-2-6-11-17)22-20-18(12-7-13-21-20)25-14-16-8-3-1-4-9-16/h2,5-7,10-13,16H,1,3-4,8-9,14-15H2,(H,21,22,23). The number of rotatable bonds is 7. The zero-order chi connectivity index (χ0) is 17.3. The first-order valence-electron chi connectivity index (χ1n) is 8.87. The highest BCUT2D eigenvalue weighted by Gasteiger charge is 2.16. The average molecular weight is 340 g/mol. The summed E-state index contributed by atoms with van der Waals surface area (Å²) in [6, 6.07) is 12.9. The Morgan fingerprint density at radius 3 is 2.64 bits per heavy atom. The van der Waals surface area contributed by atoms with E-state index >= 15 is 0 Å². The van der Waals surface area contributed by atoms with E-state index in [-0.39, 0.29) is 12.5 Å². The van der Waals surface area contributed by atoms with E-state index in [4.69, 9.17) is 9.47 Å². The van der Waals surface area contributed by atoms with E-state index in [1.807, 2.05) is 42.5 Å². The Morgan fingerprint density at radius 2 is 1.84 bits per heavy atom. The van der Waals surface area contributed by atoms with Crippen LogP contribution < -0.4 is 14.8 Å². The Kier molecular flexibility index (Phi) is 6.26. The van der Waals surface area contributed by atoms with Gasteiger partial charge in [0, 0.05) is 6.20 Å². The second-order valence-corrected chi connectivity index (χ2v) is 6.32. The molecule has 25 heavy (non-hydrogen) atoms. The number of nitrogens with zero attached hydrogens (tertiary/aromatic N) is 1. The van der Waals surface area contributed by atoms with Gasteiger partial charge in [0.15, 0.2) is 18.2 Å². The summed E-state index contributed by atoms with van der Waals surface area (Å²) in [6.45, 7) is 0.609. The van der Waals surface area contributed by atoms with Gasteiger partial charge < -0.3 is 14.8 Å². The summed E-state index contributed by atoms with van der Waals surface area (Å²) < 4.78 is 11.4. The van der Waals surface area contributed by atoms with E-state index in [9.17, 15) is 4.79 Å². The molecule has 1 aromatic heterocycles. The fraction of sp³-hybridized carbons (Fsp3) is 0.400. The van der Waals surface area contributed by atoms with Gasteiger partial charge in [0.2, 0.25) is 0 Å². The van der Waals surface area contributed by atoms with E-state index in [0.717, 1.165) is 0 Å². The zero-order valence-electron chi connectivity index (χ0n) is 14.3. The summed E-state index contributed by atoms with van der Waals surface area (Å²) in [4.78, 5) is 16.3. The highest BCUT2D eigenvalue weighted by Crippen LogP contribution is 2.27. The maximum absolute atomic E-state index is 12.1. The number of pyridine rings is 1. The number of benzene rings is 1. The first kappa shape index (κ1) is 17.3. The van der Waals surface area contributed by atoms with Gasteiger partial charge in [0.25, 0.3) is 5.91 Å². The Morgan fingerprint density at radius 1 is 1.04 bits per heavy atom. The normalized spacial score (nSPS) is 14.7. The summed E-state index contributed by atoms with van der Waals surface area (Å²) in [5, 5.41) is 2.77. The van der Waals surface area contributed by atoms with Crippen molar-refractivity contribution in [3.05, 3.63) is 48.7 Å². The smallest absolute Gasteiger partial charge is 0.263 e. The number of ether oxygens (including phenoxy) is 2. The minimum atomic E-state index is -0.259. The van der Waals surface area contributed by atoms with Gasteiger partial charge in [-0.05, 0) is 43.0 Å². The molecule has 5 heteroatoms. The third-order valence-electron chi connectivity index (χ3n) is 4.34. The summed E-state index contributed by atoms with van der Waals surface area (Å²) >= 11 is 0. The molecule has 0 bridgehead atoms. The molecule has 0 unspecified atom stereocenters. The van der Waals surface area contributed by atoms with Gasteiger partial charge >= 0.3 is 0 Å². The van der Waals surface area contributed by atoms with Gasteiger partial charge in [-0.1, -0.05) is 37.5 Å². The Hall–Kier alpha value is -2.56. The molecule has 1 amide bonds. The van der Waals surface area contributed by atoms with Crippen LogP contribution in [-0.2, 0) is 4.79 Å². The molecule has 0 atom stereocenters. The topological polar surface area (TPSA) is 60.5 Å². The number of amides is 1. The van der Waals surface area contributed by atoms with Gasteiger partial charge in [-0.2, -0.15) is 0 Å². The molecule has 3 rings (SSSR count). The molecule has 1 aromatic carbocycles. The number of anilines is 1. The minimum absolute atomic E-state index is 0.0668. The number of aromatic nitrogens is 1. The van der Waals surface area contributed by atoms with Crippen LogP contribution in [0.1, 0.15) is 32.1 Å². The molecule has 0 saturated heterocycles. The molecule has 1 aliphatic rings. The van der Waals surface area contributed by atoms with Crippen molar-refractivity contribution < 1.29 is 14.3 Å². The quantitative estimate of drug-likeness (QED) is 0.826. The molecular formula is C20H24N2O3. The largest absolute Gasteiger partial charge is 0.489 e. The van der Waals surface area contributed by atoms with Gasteiger partial charge in [-0.25, -0.2) is 4.98 Å². The zero-order valence-corrected chi connectivity index (χ0v) is 14.3. The van der Waals surface area contributed by atoms with Gasteiger partial charge in [-0.3, -0.25) is 4.79 Å². The van der Waals surface area contributed by atoms with Crippen LogP contribution >= 0.6 is 0 Å². The number of hydrogen-bond donors (Lipinski definition) is 1. The van der Waals surface area contributed by atoms with Crippen molar-refractivity contribution in [1.29, 1.82) is 0 Å². The fourth-order valence-corrected chi connectivity index (χ4v) is 3.00. The molecular weight excluding hydrogens is 316 g/mol. The molecule has 0 radical (unpaired) electrons. The molecule has 2 aromatic rings. The summed E-state index contributed by atoms with van der Waals surface area (Å²) in [7, 11) is 0. The molecule has 1 aliphatic carbocycles. The van der Waals surface area contributed by atoms with Crippen LogP contribution in [0.4, 0.5) is 5.82 Å². The number of hydrogen-bond acceptors (Lipinski definition) is 4. The van der Waals surface area contributed by atoms with E-state index in [1.54, 1.807) is 6.20 Å². The molecule has 1 heterocycles. The predicted octanol–water partition coefficient (Wildman–Crippen LogP) is 4.06. The highest BCUT2D eigenvalue weighted by atomic mass is 16.5. The van der Waals surface area contributed by atoms with Crippen molar-refractivity contribution in [3.8, 4) is 11.5 Å². The first-order chi connectivity index (χ1) is 12.3. The lowest BCUT2D eigenvalue weighted by molar-refractivity contribution is -0.118. The van der Waals surface area contributed by atoms with Crippen molar-refractivity contribution in [1.82, 2.24) is 4.98 Å². The minimum Gasteiger partial charge on any atom is -0.489 e. The van der Waals surface area contributed by atoms with Gasteiger partial charge in [0.1, 0.15) is 5.75 Å². The van der Waals surface area contributed by atoms with Crippen molar-refractivity contribution in [2.45, 2.75) is 32.1 Å². The third kappa shape index (κ3) is 5.48. The lowest BCUT2D eigenvalue weighted by Gasteiger charge is -2.22. The maximum Gasteiger partial charge on any atom is 0.263 e. The summed E-state index contributed by atoms with van der Waals surface area (Å²) in [6.07, 6.45) is 7.95. The Bertz CT molecular complexity index is 670. The van der Waals surface area contributed by atoms with Gasteiger partial charge in [-0.15, -0.1) is 0 Å². The third-order valence-corrected chi connectivity index (χ3v) is 4.34. The van der Waals surface area contributed by atoms with Crippen LogP contribution in [0.15, 0.2) is 48.7 Å². The second kappa shape index (κ2) is 9.06. The maximum atomic E-state index is 12.1. The van der Waals surface area contributed by atoms with Crippen LogP contribution in [0.5, 0.6) is 11.5 Å². The van der Waals surface area contributed by atoms with Crippen LogP contribution in [0.2, 0.25) is 0 Å². The molecule has 1 N–H and O–H groups in total. The Labute approximate surface area is 148 Å². The van der Waals surface area contributed by atoms with Crippen molar-refractivity contribution in [2.24, 2.45) is 5.92 Å². The molecule has 0 spiro atoms. The first-order valence-corrected chi connectivity index (χ1v) is 8.87. The van der Waals surface area contributed by atoms with Crippen molar-refractivity contribution in [2.75, 3.05) is 18.5 Å². The number of para-hydroxylation sites is 1. The number of nitrogens with one attached hydrogen (secondary N) is 1. The van der Waals surface area contributed by atoms with E-state index < -0.39 is 0 Å². The van der Waals surface area contributed by atoms with Gasteiger partial charge in [0.05, 0.1) is 6.61 Å². The lowest BCUT2D eigenvalue weighted by Crippen LogP contribution is -2.22. The SMILES string of the molecule is O=C(COc1ccccc1)Nc1ncccc1OCC1CCCCC1. The molecule has 5 nitrogen and oxygen atoms in total. The van der Waals surface area contributed by atoms with E-state index in [1.165, 1.54) is 32.1 Å². The molecule has 1 saturated carbocycles. The summed E-state index contributed by atoms with van der Waals surface area (Å²) in [5.41, 5.74) is 0. The van der Waals surface area contributed by atoms with Crippen LogP contribution in [-0.4, -0.2) is 24.1 Å². The fourth-order valence-electron chi connectivity index (χ4n) is 3.00. The van der Waals surface area contributed by atoms with Crippen LogP contribution in [0, 0.1) is 5.92 Å². The van der Waals surface area contributed by atoms with Crippen LogP contribution in [0.3, 0.4) is 0 Å². The Balaban J connectivity index is 1.52. The average Bonchev–Trinajstić information content (AvgIpc) is 2.67. The number of carbonyl (C=O) groups is 1. The monoisotopic (exact) mass is 340 g/mol. The van der Waals surface area contributed by atoms with Crippen LogP contribution in [0.25, 0.3) is 0 Å². The predicted molar refractivity (Wildman–Crippen MR) is 96.9 cm³/mol. The van der Waals surface area contributed by atoms with Crippen molar-refractivity contribution in [3.63, 3.8) is 0 Å². The second-order valence-electron chi connectivity index (χ2n) is 6.32.